The lowest BCUT2D eigenvalue weighted by atomic mass is 10.2. The third-order valence-electron chi connectivity index (χ3n) is 5.83. The Morgan fingerprint density at radius 1 is 0.793 bits per heavy atom. The molecule has 2 aliphatic rings. The van der Waals surface area contributed by atoms with Gasteiger partial charge in [0, 0.05) is 69.9 Å². The standard InChI is InChI=1S/C22H30N6O/c1-25-9-13-27(14-10-25)20-6-4-19(5-7-20)24-22(29)18-3-8-21(23-17-18)28-15-11-26(2)12-16-28/h3-8,17H,9-16H2,1-2H3,(H,24,29). The zero-order chi connectivity index (χ0) is 20.2. The fourth-order valence-corrected chi connectivity index (χ4v) is 3.77. The molecule has 29 heavy (non-hydrogen) atoms. The Bertz CT molecular complexity index is 806. The molecule has 2 fully saturated rings. The topological polar surface area (TPSA) is 55.0 Å². The highest BCUT2D eigenvalue weighted by molar-refractivity contribution is 6.04. The average molecular weight is 395 g/mol. The normalized spacial score (nSPS) is 18.7. The molecule has 3 heterocycles. The zero-order valence-electron chi connectivity index (χ0n) is 17.3. The molecule has 7 heteroatoms. The largest absolute Gasteiger partial charge is 0.369 e. The van der Waals surface area contributed by atoms with Gasteiger partial charge in [-0.1, -0.05) is 0 Å². The number of anilines is 3. The number of pyridine rings is 1. The molecule has 2 aliphatic heterocycles. The molecule has 1 aromatic carbocycles. The lowest BCUT2D eigenvalue weighted by Crippen LogP contribution is -2.44. The molecule has 0 atom stereocenters. The Kier molecular flexibility index (Phi) is 5.97. The van der Waals surface area contributed by atoms with Gasteiger partial charge < -0.3 is 24.9 Å². The Balaban J connectivity index is 1.34. The van der Waals surface area contributed by atoms with E-state index >= 15 is 0 Å². The zero-order valence-corrected chi connectivity index (χ0v) is 17.3. The molecule has 154 valence electrons. The van der Waals surface area contributed by atoms with E-state index in [-0.39, 0.29) is 5.91 Å². The molecule has 0 bridgehead atoms. The van der Waals surface area contributed by atoms with Crippen LogP contribution in [0.15, 0.2) is 42.6 Å². The van der Waals surface area contributed by atoms with Gasteiger partial charge in [-0.2, -0.15) is 0 Å². The number of likely N-dealkylation sites (N-methyl/N-ethyl adjacent to an activating group) is 2. The summed E-state index contributed by atoms with van der Waals surface area (Å²) in [6, 6.07) is 11.9. The summed E-state index contributed by atoms with van der Waals surface area (Å²) in [4.78, 5) is 26.4. The molecule has 0 aliphatic carbocycles. The molecular formula is C22H30N6O. The summed E-state index contributed by atoms with van der Waals surface area (Å²) in [5.41, 5.74) is 2.58. The highest BCUT2D eigenvalue weighted by atomic mass is 16.1. The van der Waals surface area contributed by atoms with E-state index in [1.807, 2.05) is 24.3 Å². The van der Waals surface area contributed by atoms with E-state index in [0.717, 1.165) is 63.9 Å². The fourth-order valence-electron chi connectivity index (χ4n) is 3.77. The Hall–Kier alpha value is -2.64. The SMILES string of the molecule is CN1CCN(c2ccc(NC(=O)c3ccc(N4CCN(C)CC4)nc3)cc2)CC1. The summed E-state index contributed by atoms with van der Waals surface area (Å²) < 4.78 is 0. The number of piperazine rings is 2. The lowest BCUT2D eigenvalue weighted by molar-refractivity contribution is 0.102. The number of hydrogen-bond donors (Lipinski definition) is 1. The summed E-state index contributed by atoms with van der Waals surface area (Å²) in [6.07, 6.45) is 1.67. The van der Waals surface area contributed by atoms with Gasteiger partial charge in [0.15, 0.2) is 0 Å². The molecule has 1 N–H and O–H groups in total. The Labute approximate surface area is 172 Å². The van der Waals surface area contributed by atoms with Gasteiger partial charge >= 0.3 is 0 Å². The van der Waals surface area contributed by atoms with Crippen LogP contribution in [0.4, 0.5) is 17.2 Å². The summed E-state index contributed by atoms with van der Waals surface area (Å²) in [6.45, 7) is 8.23. The van der Waals surface area contributed by atoms with Crippen molar-refractivity contribution in [2.24, 2.45) is 0 Å². The third-order valence-corrected chi connectivity index (χ3v) is 5.83. The smallest absolute Gasteiger partial charge is 0.257 e. The molecule has 2 saturated heterocycles. The molecule has 0 spiro atoms. The quantitative estimate of drug-likeness (QED) is 0.854. The van der Waals surface area contributed by atoms with Gasteiger partial charge in [0.25, 0.3) is 5.91 Å². The van der Waals surface area contributed by atoms with Crippen molar-refractivity contribution in [2.45, 2.75) is 0 Å². The van der Waals surface area contributed by atoms with Crippen LogP contribution in [0.1, 0.15) is 10.4 Å². The van der Waals surface area contributed by atoms with Gasteiger partial charge in [-0.05, 0) is 50.5 Å². The van der Waals surface area contributed by atoms with Crippen LogP contribution in [0.2, 0.25) is 0 Å². The van der Waals surface area contributed by atoms with E-state index in [9.17, 15) is 4.79 Å². The van der Waals surface area contributed by atoms with Crippen LogP contribution in [-0.4, -0.2) is 87.1 Å². The van der Waals surface area contributed by atoms with Crippen LogP contribution in [0, 0.1) is 0 Å². The highest BCUT2D eigenvalue weighted by Gasteiger charge is 2.16. The first-order valence-electron chi connectivity index (χ1n) is 10.3. The monoisotopic (exact) mass is 394 g/mol. The average Bonchev–Trinajstić information content (AvgIpc) is 2.76. The van der Waals surface area contributed by atoms with Crippen molar-refractivity contribution in [3.8, 4) is 0 Å². The van der Waals surface area contributed by atoms with Crippen molar-refractivity contribution in [1.82, 2.24) is 14.8 Å². The molecule has 1 aromatic heterocycles. The minimum atomic E-state index is -0.130. The number of amides is 1. The van der Waals surface area contributed by atoms with Crippen LogP contribution in [-0.2, 0) is 0 Å². The molecular weight excluding hydrogens is 364 g/mol. The summed E-state index contributed by atoms with van der Waals surface area (Å²) in [7, 11) is 4.29. The van der Waals surface area contributed by atoms with Crippen molar-refractivity contribution in [3.05, 3.63) is 48.2 Å². The van der Waals surface area contributed by atoms with Gasteiger partial charge in [-0.15, -0.1) is 0 Å². The van der Waals surface area contributed by atoms with Crippen molar-refractivity contribution in [3.63, 3.8) is 0 Å². The van der Waals surface area contributed by atoms with E-state index in [1.54, 1.807) is 6.20 Å². The second-order valence-corrected chi connectivity index (χ2v) is 7.99. The van der Waals surface area contributed by atoms with Gasteiger partial charge in [-0.3, -0.25) is 4.79 Å². The molecule has 0 saturated carbocycles. The second-order valence-electron chi connectivity index (χ2n) is 7.99. The molecule has 0 radical (unpaired) electrons. The van der Waals surface area contributed by atoms with Crippen LogP contribution in [0.5, 0.6) is 0 Å². The maximum atomic E-state index is 12.6. The summed E-state index contributed by atoms with van der Waals surface area (Å²) in [5, 5.41) is 2.97. The number of nitrogens with one attached hydrogen (secondary N) is 1. The Morgan fingerprint density at radius 3 is 1.93 bits per heavy atom. The molecule has 1 amide bonds. The number of nitrogens with zero attached hydrogens (tertiary/aromatic N) is 5. The first kappa shape index (κ1) is 19.7. The van der Waals surface area contributed by atoms with Gasteiger partial charge in [0.2, 0.25) is 0 Å². The van der Waals surface area contributed by atoms with Gasteiger partial charge in [0.05, 0.1) is 5.56 Å². The fraction of sp³-hybridized carbons (Fsp3) is 0.455. The van der Waals surface area contributed by atoms with Crippen molar-refractivity contribution in [2.75, 3.05) is 81.6 Å². The Morgan fingerprint density at radius 2 is 1.38 bits per heavy atom. The number of rotatable bonds is 4. The summed E-state index contributed by atoms with van der Waals surface area (Å²) in [5.74, 6) is 0.806. The molecule has 7 nitrogen and oxygen atoms in total. The van der Waals surface area contributed by atoms with E-state index in [2.05, 4.69) is 56.1 Å². The number of aromatic nitrogens is 1. The maximum Gasteiger partial charge on any atom is 0.257 e. The van der Waals surface area contributed by atoms with Crippen molar-refractivity contribution in [1.29, 1.82) is 0 Å². The molecule has 4 rings (SSSR count). The number of benzene rings is 1. The first-order valence-corrected chi connectivity index (χ1v) is 10.3. The van der Waals surface area contributed by atoms with E-state index in [0.29, 0.717) is 5.56 Å². The van der Waals surface area contributed by atoms with E-state index in [4.69, 9.17) is 0 Å². The van der Waals surface area contributed by atoms with Crippen LogP contribution in [0.25, 0.3) is 0 Å². The van der Waals surface area contributed by atoms with E-state index in [1.165, 1.54) is 5.69 Å². The van der Waals surface area contributed by atoms with Crippen LogP contribution in [0.3, 0.4) is 0 Å². The van der Waals surface area contributed by atoms with Crippen molar-refractivity contribution < 1.29 is 4.79 Å². The maximum absolute atomic E-state index is 12.6. The molecule has 2 aromatic rings. The van der Waals surface area contributed by atoms with Crippen LogP contribution >= 0.6 is 0 Å². The predicted molar refractivity (Wildman–Crippen MR) is 118 cm³/mol. The van der Waals surface area contributed by atoms with E-state index < -0.39 is 0 Å². The summed E-state index contributed by atoms with van der Waals surface area (Å²) >= 11 is 0. The second kappa shape index (κ2) is 8.80. The van der Waals surface area contributed by atoms with Crippen LogP contribution < -0.4 is 15.1 Å². The minimum Gasteiger partial charge on any atom is -0.369 e. The number of hydrogen-bond acceptors (Lipinski definition) is 6. The highest BCUT2D eigenvalue weighted by Crippen LogP contribution is 2.20. The number of carbonyl (C=O) groups excluding carboxylic acids is 1. The van der Waals surface area contributed by atoms with Crippen molar-refractivity contribution >= 4 is 23.1 Å². The molecule has 0 unspecified atom stereocenters. The number of carbonyl (C=O) groups is 1. The predicted octanol–water partition coefficient (Wildman–Crippen LogP) is 1.84. The first-order chi connectivity index (χ1) is 14.1. The minimum absolute atomic E-state index is 0.130. The third kappa shape index (κ3) is 4.86. The van der Waals surface area contributed by atoms with Gasteiger partial charge in [-0.25, -0.2) is 4.98 Å². The lowest BCUT2D eigenvalue weighted by Gasteiger charge is -2.34. The van der Waals surface area contributed by atoms with Gasteiger partial charge in [0.1, 0.15) is 5.82 Å².